The Morgan fingerprint density at radius 2 is 2.27 bits per heavy atom. The molecule has 1 fully saturated rings. The summed E-state index contributed by atoms with van der Waals surface area (Å²) in [5.74, 6) is -0.258. The van der Waals surface area contributed by atoms with Crippen molar-refractivity contribution in [1.82, 2.24) is 5.32 Å². The lowest BCUT2D eigenvalue weighted by Gasteiger charge is -2.27. The molecule has 4 nitrogen and oxygen atoms in total. The number of amides is 1. The van der Waals surface area contributed by atoms with Crippen molar-refractivity contribution in [2.75, 3.05) is 13.2 Å². The van der Waals surface area contributed by atoms with Gasteiger partial charge in [-0.2, -0.15) is 0 Å². The Balaban J connectivity index is 2.31. The smallest absolute Gasteiger partial charge is 0.237 e. The second-order valence-electron chi connectivity index (χ2n) is 4.42. The maximum Gasteiger partial charge on any atom is 0.237 e. The number of nitrogens with two attached hydrogens (primary N) is 1. The van der Waals surface area contributed by atoms with E-state index >= 15 is 0 Å². The predicted octanol–water partition coefficient (Wildman–Crippen LogP) is 0.799. The Morgan fingerprint density at radius 3 is 2.73 bits per heavy atom. The topological polar surface area (TPSA) is 64.3 Å². The van der Waals surface area contributed by atoms with Crippen molar-refractivity contribution in [3.63, 3.8) is 0 Å². The lowest BCUT2D eigenvalue weighted by Crippen LogP contribution is -2.54. The molecular weight excluding hydrogens is 192 g/mol. The summed E-state index contributed by atoms with van der Waals surface area (Å²) in [6.45, 7) is 5.28. The van der Waals surface area contributed by atoms with E-state index in [4.69, 9.17) is 10.5 Å². The number of primary amides is 1. The first kappa shape index (κ1) is 12.5. The van der Waals surface area contributed by atoms with Crippen LogP contribution in [-0.4, -0.2) is 30.7 Å². The van der Waals surface area contributed by atoms with Crippen LogP contribution in [0.15, 0.2) is 0 Å². The Hall–Kier alpha value is -0.610. The van der Waals surface area contributed by atoms with Crippen LogP contribution in [0, 0.1) is 0 Å². The Bertz CT molecular complexity index is 217. The van der Waals surface area contributed by atoms with Crippen LogP contribution >= 0.6 is 0 Å². The number of nitrogens with one attached hydrogen (secondary N) is 1. The normalized spacial score (nSPS) is 19.9. The van der Waals surface area contributed by atoms with E-state index in [-0.39, 0.29) is 5.91 Å². The van der Waals surface area contributed by atoms with E-state index in [0.717, 1.165) is 32.3 Å². The average Bonchev–Trinajstić information content (AvgIpc) is 2.96. The zero-order valence-corrected chi connectivity index (χ0v) is 9.71. The molecule has 0 aromatic carbocycles. The van der Waals surface area contributed by atoms with Gasteiger partial charge < -0.3 is 15.8 Å². The molecule has 0 radical (unpaired) electrons. The van der Waals surface area contributed by atoms with E-state index in [1.54, 1.807) is 0 Å². The summed E-state index contributed by atoms with van der Waals surface area (Å²) in [5, 5.41) is 3.31. The maximum atomic E-state index is 11.4. The van der Waals surface area contributed by atoms with E-state index in [9.17, 15) is 4.79 Å². The highest BCUT2D eigenvalue weighted by atomic mass is 16.5. The van der Waals surface area contributed by atoms with Crippen LogP contribution in [0.5, 0.6) is 0 Å². The van der Waals surface area contributed by atoms with Crippen LogP contribution in [0.4, 0.5) is 0 Å². The highest BCUT2D eigenvalue weighted by molar-refractivity contribution is 5.84. The first-order valence-electron chi connectivity index (χ1n) is 5.74. The Labute approximate surface area is 91.5 Å². The molecule has 0 aliphatic heterocycles. The molecule has 4 heteroatoms. The minimum absolute atomic E-state index is 0.258. The van der Waals surface area contributed by atoms with Crippen LogP contribution in [0.2, 0.25) is 0 Å². The van der Waals surface area contributed by atoms with Crippen LogP contribution in [0.1, 0.15) is 39.5 Å². The van der Waals surface area contributed by atoms with Gasteiger partial charge in [-0.05, 0) is 39.5 Å². The van der Waals surface area contributed by atoms with E-state index in [1.165, 1.54) is 0 Å². The lowest BCUT2D eigenvalue weighted by atomic mass is 9.95. The van der Waals surface area contributed by atoms with Crippen molar-refractivity contribution in [3.8, 4) is 0 Å². The van der Waals surface area contributed by atoms with Gasteiger partial charge in [0.05, 0.1) is 5.54 Å². The van der Waals surface area contributed by atoms with Crippen molar-refractivity contribution < 1.29 is 9.53 Å². The molecule has 1 atom stereocenters. The molecule has 0 spiro atoms. The summed E-state index contributed by atoms with van der Waals surface area (Å²) in [5.41, 5.74) is 4.86. The molecular formula is C11H22N2O2. The van der Waals surface area contributed by atoms with Crippen molar-refractivity contribution in [3.05, 3.63) is 0 Å². The lowest BCUT2D eigenvalue weighted by molar-refractivity contribution is -0.124. The molecule has 0 heterocycles. The first-order valence-corrected chi connectivity index (χ1v) is 5.74. The van der Waals surface area contributed by atoms with E-state index in [1.807, 2.05) is 13.8 Å². The van der Waals surface area contributed by atoms with Crippen molar-refractivity contribution >= 4 is 5.91 Å². The molecule has 15 heavy (non-hydrogen) atoms. The third-order valence-corrected chi connectivity index (χ3v) is 2.81. The SMILES string of the molecule is CCOCCCC(C)(NC1CC1)C(N)=O. The fraction of sp³-hybridized carbons (Fsp3) is 0.909. The van der Waals surface area contributed by atoms with E-state index < -0.39 is 5.54 Å². The monoisotopic (exact) mass is 214 g/mol. The molecule has 0 aromatic heterocycles. The summed E-state index contributed by atoms with van der Waals surface area (Å²) in [4.78, 5) is 11.4. The summed E-state index contributed by atoms with van der Waals surface area (Å²) >= 11 is 0. The molecule has 1 amide bonds. The van der Waals surface area contributed by atoms with Crippen molar-refractivity contribution in [2.45, 2.75) is 51.1 Å². The molecule has 3 N–H and O–H groups in total. The Morgan fingerprint density at radius 1 is 1.60 bits per heavy atom. The van der Waals surface area contributed by atoms with E-state index in [0.29, 0.717) is 12.6 Å². The molecule has 1 unspecified atom stereocenters. The molecule has 88 valence electrons. The summed E-state index contributed by atoms with van der Waals surface area (Å²) in [6.07, 6.45) is 3.94. The standard InChI is InChI=1S/C11H22N2O2/c1-3-15-8-4-7-11(2,10(12)14)13-9-5-6-9/h9,13H,3-8H2,1-2H3,(H2,12,14). The van der Waals surface area contributed by atoms with Gasteiger partial charge in [0, 0.05) is 19.3 Å². The number of rotatable bonds is 8. The van der Waals surface area contributed by atoms with Crippen molar-refractivity contribution in [1.29, 1.82) is 0 Å². The zero-order valence-electron chi connectivity index (χ0n) is 9.71. The third kappa shape index (κ3) is 4.18. The fourth-order valence-electron chi connectivity index (χ4n) is 1.62. The first-order chi connectivity index (χ1) is 7.08. The largest absolute Gasteiger partial charge is 0.382 e. The molecule has 1 aliphatic carbocycles. The third-order valence-electron chi connectivity index (χ3n) is 2.81. The summed E-state index contributed by atoms with van der Waals surface area (Å²) in [7, 11) is 0. The maximum absolute atomic E-state index is 11.4. The molecule has 1 aliphatic rings. The van der Waals surface area contributed by atoms with Gasteiger partial charge in [-0.25, -0.2) is 0 Å². The van der Waals surface area contributed by atoms with Crippen LogP contribution in [-0.2, 0) is 9.53 Å². The average molecular weight is 214 g/mol. The van der Waals surface area contributed by atoms with E-state index in [2.05, 4.69) is 5.32 Å². The number of hydrogen-bond acceptors (Lipinski definition) is 3. The van der Waals surface area contributed by atoms with Gasteiger partial charge in [0.15, 0.2) is 0 Å². The number of carbonyl (C=O) groups is 1. The Kier molecular flexibility index (Phi) is 4.54. The summed E-state index contributed by atoms with van der Waals surface area (Å²) < 4.78 is 5.25. The van der Waals surface area contributed by atoms with Crippen molar-refractivity contribution in [2.24, 2.45) is 5.73 Å². The van der Waals surface area contributed by atoms with Crippen LogP contribution in [0.25, 0.3) is 0 Å². The van der Waals surface area contributed by atoms with Gasteiger partial charge in [0.1, 0.15) is 0 Å². The van der Waals surface area contributed by atoms with Crippen LogP contribution < -0.4 is 11.1 Å². The highest BCUT2D eigenvalue weighted by Gasteiger charge is 2.36. The minimum Gasteiger partial charge on any atom is -0.382 e. The molecule has 1 rings (SSSR count). The second-order valence-corrected chi connectivity index (χ2v) is 4.42. The molecule has 0 saturated heterocycles. The second kappa shape index (κ2) is 5.47. The van der Waals surface area contributed by atoms with Gasteiger partial charge in [-0.3, -0.25) is 4.79 Å². The zero-order chi connectivity index (χ0) is 11.3. The number of hydrogen-bond donors (Lipinski definition) is 2. The molecule has 1 saturated carbocycles. The van der Waals surface area contributed by atoms with Gasteiger partial charge in [-0.1, -0.05) is 0 Å². The number of ether oxygens (including phenoxy) is 1. The molecule has 0 aromatic rings. The van der Waals surface area contributed by atoms with Gasteiger partial charge >= 0.3 is 0 Å². The summed E-state index contributed by atoms with van der Waals surface area (Å²) in [6, 6.07) is 0.495. The predicted molar refractivity (Wildman–Crippen MR) is 59.5 cm³/mol. The highest BCUT2D eigenvalue weighted by Crippen LogP contribution is 2.24. The van der Waals surface area contributed by atoms with Crippen LogP contribution in [0.3, 0.4) is 0 Å². The fourth-order valence-corrected chi connectivity index (χ4v) is 1.62. The molecule has 0 bridgehead atoms. The van der Waals surface area contributed by atoms with Gasteiger partial charge in [-0.15, -0.1) is 0 Å². The number of carbonyl (C=O) groups excluding carboxylic acids is 1. The minimum atomic E-state index is -0.557. The van der Waals surface area contributed by atoms with Gasteiger partial charge in [0.2, 0.25) is 5.91 Å². The quantitative estimate of drug-likeness (QED) is 0.587. The van der Waals surface area contributed by atoms with Gasteiger partial charge in [0.25, 0.3) is 0 Å².